The molecule has 1 aromatic carbocycles. The highest BCUT2D eigenvalue weighted by atomic mass is 127. The number of ether oxygens (including phenoxy) is 2. The lowest BCUT2D eigenvalue weighted by Crippen LogP contribution is -2.44. The molecule has 2 rings (SSSR count). The van der Waals surface area contributed by atoms with E-state index in [9.17, 15) is 5.11 Å². The number of nitrogens with zero attached hydrogens (tertiary/aromatic N) is 1. The van der Waals surface area contributed by atoms with Gasteiger partial charge in [-0.25, -0.2) is 4.99 Å². The van der Waals surface area contributed by atoms with E-state index in [1.807, 2.05) is 25.1 Å². The van der Waals surface area contributed by atoms with Crippen LogP contribution in [0.2, 0.25) is 0 Å². The SMILES string of the molecule is CCNC(=NCc1cc(Br)ccc1OC)NCC1(CCO)CCOC1.I. The summed E-state index contributed by atoms with van der Waals surface area (Å²) in [6.07, 6.45) is 1.69. The van der Waals surface area contributed by atoms with E-state index in [-0.39, 0.29) is 36.0 Å². The van der Waals surface area contributed by atoms with Crippen LogP contribution in [0.5, 0.6) is 5.75 Å². The summed E-state index contributed by atoms with van der Waals surface area (Å²) in [7, 11) is 1.67. The summed E-state index contributed by atoms with van der Waals surface area (Å²) >= 11 is 3.49. The second-order valence-electron chi connectivity index (χ2n) is 6.28. The van der Waals surface area contributed by atoms with E-state index >= 15 is 0 Å². The minimum atomic E-state index is -0.0155. The zero-order valence-corrected chi connectivity index (χ0v) is 19.3. The van der Waals surface area contributed by atoms with Crippen LogP contribution in [-0.2, 0) is 11.3 Å². The lowest BCUT2D eigenvalue weighted by molar-refractivity contribution is 0.127. The summed E-state index contributed by atoms with van der Waals surface area (Å²) in [4.78, 5) is 4.68. The van der Waals surface area contributed by atoms with E-state index in [4.69, 9.17) is 9.47 Å². The molecule has 1 aliphatic heterocycles. The number of hydrogen-bond donors (Lipinski definition) is 3. The van der Waals surface area contributed by atoms with Crippen molar-refractivity contribution >= 4 is 45.9 Å². The average Bonchev–Trinajstić information content (AvgIpc) is 3.07. The van der Waals surface area contributed by atoms with Crippen molar-refractivity contribution in [3.63, 3.8) is 0 Å². The van der Waals surface area contributed by atoms with E-state index in [0.717, 1.165) is 54.3 Å². The highest BCUT2D eigenvalue weighted by Crippen LogP contribution is 2.31. The molecular formula is C18H29BrIN3O3. The Labute approximate surface area is 181 Å². The Morgan fingerprint density at radius 3 is 2.85 bits per heavy atom. The van der Waals surface area contributed by atoms with Gasteiger partial charge in [-0.15, -0.1) is 24.0 Å². The summed E-state index contributed by atoms with van der Waals surface area (Å²) < 4.78 is 12.0. The lowest BCUT2D eigenvalue weighted by atomic mass is 9.84. The van der Waals surface area contributed by atoms with Crippen LogP contribution in [0.15, 0.2) is 27.7 Å². The van der Waals surface area contributed by atoms with Gasteiger partial charge in [0.1, 0.15) is 5.75 Å². The van der Waals surface area contributed by atoms with Crippen LogP contribution in [-0.4, -0.2) is 51.1 Å². The summed E-state index contributed by atoms with van der Waals surface area (Å²) in [5, 5.41) is 16.0. The van der Waals surface area contributed by atoms with Gasteiger partial charge >= 0.3 is 0 Å². The van der Waals surface area contributed by atoms with Crippen LogP contribution >= 0.6 is 39.9 Å². The van der Waals surface area contributed by atoms with Crippen LogP contribution in [0.25, 0.3) is 0 Å². The van der Waals surface area contributed by atoms with Crippen molar-refractivity contribution in [1.29, 1.82) is 0 Å². The van der Waals surface area contributed by atoms with Crippen LogP contribution in [0.4, 0.5) is 0 Å². The Kier molecular flexibility index (Phi) is 10.8. The molecule has 0 saturated carbocycles. The first-order valence-electron chi connectivity index (χ1n) is 8.65. The van der Waals surface area contributed by atoms with Gasteiger partial charge in [-0.3, -0.25) is 0 Å². The van der Waals surface area contributed by atoms with Crippen LogP contribution < -0.4 is 15.4 Å². The standard InChI is InChI=1S/C18H28BrN3O3.HI/c1-3-20-17(22-12-18(6-8-23)7-9-25-13-18)21-11-14-10-15(19)4-5-16(14)24-2;/h4-5,10,23H,3,6-9,11-13H2,1-2H3,(H2,20,21,22);1H. The van der Waals surface area contributed by atoms with Gasteiger partial charge in [-0.05, 0) is 38.0 Å². The zero-order valence-electron chi connectivity index (χ0n) is 15.4. The molecule has 1 aromatic rings. The second kappa shape index (κ2) is 12.0. The molecule has 3 N–H and O–H groups in total. The summed E-state index contributed by atoms with van der Waals surface area (Å²) in [6, 6.07) is 5.90. The Morgan fingerprint density at radius 2 is 2.23 bits per heavy atom. The molecule has 8 heteroatoms. The van der Waals surface area contributed by atoms with Crippen LogP contribution in [0.1, 0.15) is 25.3 Å². The fraction of sp³-hybridized carbons (Fsp3) is 0.611. The second-order valence-corrected chi connectivity index (χ2v) is 7.20. The number of halogens is 2. The molecule has 0 spiro atoms. The third-order valence-electron chi connectivity index (χ3n) is 4.45. The topological polar surface area (TPSA) is 75.1 Å². The largest absolute Gasteiger partial charge is 0.496 e. The number of guanidine groups is 1. The summed E-state index contributed by atoms with van der Waals surface area (Å²) in [5.74, 6) is 1.58. The maximum atomic E-state index is 9.35. The Balaban J connectivity index is 0.00000338. The Bertz CT molecular complexity index is 581. The molecule has 6 nitrogen and oxygen atoms in total. The van der Waals surface area contributed by atoms with Crippen molar-refractivity contribution in [3.05, 3.63) is 28.2 Å². The van der Waals surface area contributed by atoms with Crippen molar-refractivity contribution in [2.45, 2.75) is 26.3 Å². The fourth-order valence-corrected chi connectivity index (χ4v) is 3.37. The monoisotopic (exact) mass is 541 g/mol. The van der Waals surface area contributed by atoms with Gasteiger partial charge in [0, 0.05) is 41.8 Å². The molecule has 1 atom stereocenters. The smallest absolute Gasteiger partial charge is 0.191 e. The van der Waals surface area contributed by atoms with Gasteiger partial charge in [-0.1, -0.05) is 15.9 Å². The van der Waals surface area contributed by atoms with Crippen molar-refractivity contribution in [1.82, 2.24) is 10.6 Å². The van der Waals surface area contributed by atoms with Crippen LogP contribution in [0, 0.1) is 5.41 Å². The van der Waals surface area contributed by atoms with Crippen molar-refractivity contribution in [2.75, 3.05) is 40.0 Å². The van der Waals surface area contributed by atoms with Gasteiger partial charge in [0.05, 0.1) is 20.3 Å². The number of aliphatic imine (C=N–C) groups is 1. The quantitative estimate of drug-likeness (QED) is 0.268. The molecule has 0 amide bonds. The van der Waals surface area contributed by atoms with Gasteiger partial charge < -0.3 is 25.2 Å². The summed E-state index contributed by atoms with van der Waals surface area (Å²) in [6.45, 7) is 5.68. The summed E-state index contributed by atoms with van der Waals surface area (Å²) in [5.41, 5.74) is 1.00. The molecule has 0 radical (unpaired) electrons. The number of nitrogens with one attached hydrogen (secondary N) is 2. The third-order valence-corrected chi connectivity index (χ3v) is 4.95. The van der Waals surface area contributed by atoms with E-state index < -0.39 is 0 Å². The highest BCUT2D eigenvalue weighted by molar-refractivity contribution is 14.0. The zero-order chi connectivity index (χ0) is 18.1. The van der Waals surface area contributed by atoms with Gasteiger partial charge in [0.15, 0.2) is 5.96 Å². The van der Waals surface area contributed by atoms with Crippen molar-refractivity contribution in [2.24, 2.45) is 10.4 Å². The molecule has 1 heterocycles. The number of hydrogen-bond acceptors (Lipinski definition) is 4. The van der Waals surface area contributed by atoms with Gasteiger partial charge in [0.2, 0.25) is 0 Å². The minimum Gasteiger partial charge on any atom is -0.496 e. The molecule has 1 unspecified atom stereocenters. The average molecular weight is 542 g/mol. The predicted molar refractivity (Wildman–Crippen MR) is 118 cm³/mol. The van der Waals surface area contributed by atoms with Crippen LogP contribution in [0.3, 0.4) is 0 Å². The predicted octanol–water partition coefficient (Wildman–Crippen LogP) is 2.92. The van der Waals surface area contributed by atoms with Gasteiger partial charge in [-0.2, -0.15) is 0 Å². The van der Waals surface area contributed by atoms with E-state index in [1.54, 1.807) is 7.11 Å². The van der Waals surface area contributed by atoms with E-state index in [2.05, 4.69) is 31.6 Å². The number of aliphatic hydroxyl groups is 1. The van der Waals surface area contributed by atoms with Crippen molar-refractivity contribution in [3.8, 4) is 5.75 Å². The number of methoxy groups -OCH3 is 1. The molecule has 1 aliphatic rings. The molecule has 26 heavy (non-hydrogen) atoms. The maximum absolute atomic E-state index is 9.35. The molecule has 148 valence electrons. The highest BCUT2D eigenvalue weighted by Gasteiger charge is 2.34. The van der Waals surface area contributed by atoms with Crippen molar-refractivity contribution < 1.29 is 14.6 Å². The lowest BCUT2D eigenvalue weighted by Gasteiger charge is -2.27. The molecule has 0 aliphatic carbocycles. The van der Waals surface area contributed by atoms with E-state index in [1.165, 1.54) is 0 Å². The first-order chi connectivity index (χ1) is 12.1. The molecule has 1 saturated heterocycles. The molecular weight excluding hydrogens is 513 g/mol. The Morgan fingerprint density at radius 1 is 1.42 bits per heavy atom. The van der Waals surface area contributed by atoms with E-state index in [0.29, 0.717) is 13.2 Å². The first-order valence-corrected chi connectivity index (χ1v) is 9.45. The third kappa shape index (κ3) is 6.86. The number of rotatable bonds is 8. The minimum absolute atomic E-state index is 0. The normalized spacial score (nSPS) is 19.8. The first kappa shape index (κ1) is 23.5. The molecule has 1 fully saturated rings. The molecule has 0 bridgehead atoms. The number of benzene rings is 1. The number of aliphatic hydroxyl groups excluding tert-OH is 1. The molecule has 0 aromatic heterocycles. The fourth-order valence-electron chi connectivity index (χ4n) is 2.96. The maximum Gasteiger partial charge on any atom is 0.191 e. The Hall–Kier alpha value is -0.580. The van der Waals surface area contributed by atoms with Gasteiger partial charge in [0.25, 0.3) is 0 Å².